The Bertz CT molecular complexity index is 84.1. The lowest BCUT2D eigenvalue weighted by atomic mass is 10.4. The fourth-order valence-corrected chi connectivity index (χ4v) is 0.251. The summed E-state index contributed by atoms with van der Waals surface area (Å²) in [5, 5.41) is 2.32. The first-order chi connectivity index (χ1) is 3.68. The van der Waals surface area contributed by atoms with Gasteiger partial charge in [0.1, 0.15) is 0 Å². The van der Waals surface area contributed by atoms with Crippen LogP contribution in [-0.4, -0.2) is 25.8 Å². The molecule has 2 nitrogen and oxygen atoms in total. The van der Waals surface area contributed by atoms with Crippen molar-refractivity contribution >= 4 is 5.78 Å². The molecule has 0 bridgehead atoms. The molecule has 0 aromatic rings. The van der Waals surface area contributed by atoms with E-state index in [2.05, 4.69) is 5.32 Å². The van der Waals surface area contributed by atoms with Crippen LogP contribution in [0.25, 0.3) is 0 Å². The first-order valence-corrected chi connectivity index (χ1v) is 2.14. The highest BCUT2D eigenvalue weighted by molar-refractivity contribution is 5.83. The Balaban J connectivity index is 3.33. The van der Waals surface area contributed by atoms with Crippen molar-refractivity contribution in [3.05, 3.63) is 0 Å². The smallest absolute Gasteiger partial charge is 0.297 e. The van der Waals surface area contributed by atoms with Crippen LogP contribution in [0.4, 0.5) is 8.78 Å². The molecule has 0 heterocycles. The number of halogens is 2. The molecule has 48 valence electrons. The van der Waals surface area contributed by atoms with Crippen molar-refractivity contribution < 1.29 is 13.6 Å². The fraction of sp³-hybridized carbons (Fsp3) is 0.750. The fourth-order valence-electron chi connectivity index (χ4n) is 0.251. The Kier molecular flexibility index (Phi) is 3.26. The predicted octanol–water partition coefficient (Wildman–Crippen LogP) is 0.0400. The minimum Gasteiger partial charge on any atom is -0.313 e. The molecule has 0 radical (unpaired) electrons. The van der Waals surface area contributed by atoms with Crippen molar-refractivity contribution in [1.29, 1.82) is 0 Å². The van der Waals surface area contributed by atoms with Gasteiger partial charge in [-0.3, -0.25) is 4.79 Å². The minimum absolute atomic E-state index is 0.252. The van der Waals surface area contributed by atoms with Crippen LogP contribution in [0, 0.1) is 0 Å². The van der Waals surface area contributed by atoms with E-state index < -0.39 is 12.2 Å². The van der Waals surface area contributed by atoms with Crippen molar-refractivity contribution in [3.63, 3.8) is 0 Å². The Morgan fingerprint density at radius 1 is 1.75 bits per heavy atom. The standard InChI is InChI=1S/C4H7F2NO/c1-7-2-3(8)4(5)6/h4,7H,2H2,1H3. The average molecular weight is 123 g/mol. The third-order valence-corrected chi connectivity index (χ3v) is 0.594. The summed E-state index contributed by atoms with van der Waals surface area (Å²) in [6, 6.07) is 0. The number of hydrogen-bond acceptors (Lipinski definition) is 2. The van der Waals surface area contributed by atoms with E-state index in [9.17, 15) is 13.6 Å². The molecule has 0 aliphatic rings. The second-order valence-corrected chi connectivity index (χ2v) is 1.30. The van der Waals surface area contributed by atoms with E-state index in [4.69, 9.17) is 0 Å². The topological polar surface area (TPSA) is 29.1 Å². The highest BCUT2D eigenvalue weighted by Crippen LogP contribution is 1.90. The van der Waals surface area contributed by atoms with E-state index in [1.165, 1.54) is 7.05 Å². The number of rotatable bonds is 3. The summed E-state index contributed by atoms with van der Waals surface area (Å²) in [4.78, 5) is 9.93. The molecule has 4 heteroatoms. The van der Waals surface area contributed by atoms with Crippen LogP contribution in [0.15, 0.2) is 0 Å². The molecule has 0 fully saturated rings. The zero-order chi connectivity index (χ0) is 6.57. The SMILES string of the molecule is CNCC(=O)C(F)F. The molecule has 0 rings (SSSR count). The Morgan fingerprint density at radius 3 is 2.38 bits per heavy atom. The quantitative estimate of drug-likeness (QED) is 0.574. The molecule has 0 unspecified atom stereocenters. The summed E-state index contributed by atoms with van der Waals surface area (Å²) in [6.45, 7) is -0.252. The van der Waals surface area contributed by atoms with Gasteiger partial charge in [-0.25, -0.2) is 8.78 Å². The summed E-state index contributed by atoms with van der Waals surface area (Å²) in [5.41, 5.74) is 0. The average Bonchev–Trinajstić information content (AvgIpc) is 1.67. The third kappa shape index (κ3) is 2.63. The second kappa shape index (κ2) is 3.49. The summed E-state index contributed by atoms with van der Waals surface area (Å²) in [7, 11) is 1.44. The number of carbonyl (C=O) groups is 1. The lowest BCUT2D eigenvalue weighted by Crippen LogP contribution is -2.24. The maximum absolute atomic E-state index is 11.2. The van der Waals surface area contributed by atoms with Gasteiger partial charge in [-0.15, -0.1) is 0 Å². The molecule has 0 saturated heterocycles. The highest BCUT2D eigenvalue weighted by Gasteiger charge is 2.12. The molecular weight excluding hydrogens is 116 g/mol. The monoisotopic (exact) mass is 123 g/mol. The van der Waals surface area contributed by atoms with Gasteiger partial charge < -0.3 is 5.32 Å². The van der Waals surface area contributed by atoms with Crippen molar-refractivity contribution in [2.75, 3.05) is 13.6 Å². The minimum atomic E-state index is -2.83. The van der Waals surface area contributed by atoms with Crippen LogP contribution >= 0.6 is 0 Å². The number of ketones is 1. The van der Waals surface area contributed by atoms with Crippen molar-refractivity contribution in [2.24, 2.45) is 0 Å². The van der Waals surface area contributed by atoms with E-state index >= 15 is 0 Å². The van der Waals surface area contributed by atoms with Gasteiger partial charge in [-0.05, 0) is 7.05 Å². The first-order valence-electron chi connectivity index (χ1n) is 2.14. The van der Waals surface area contributed by atoms with E-state index in [1.807, 2.05) is 0 Å². The van der Waals surface area contributed by atoms with Gasteiger partial charge in [0.25, 0.3) is 6.43 Å². The van der Waals surface area contributed by atoms with E-state index in [0.717, 1.165) is 0 Å². The van der Waals surface area contributed by atoms with Gasteiger partial charge in [0.2, 0.25) is 5.78 Å². The number of hydrogen-bond donors (Lipinski definition) is 1. The van der Waals surface area contributed by atoms with Gasteiger partial charge in [-0.1, -0.05) is 0 Å². The van der Waals surface area contributed by atoms with Gasteiger partial charge >= 0.3 is 0 Å². The molecule has 0 saturated carbocycles. The molecule has 8 heavy (non-hydrogen) atoms. The van der Waals surface area contributed by atoms with Gasteiger partial charge in [0, 0.05) is 0 Å². The maximum atomic E-state index is 11.2. The number of Topliss-reactive ketones (excluding diaryl/α,β-unsaturated/α-hetero) is 1. The summed E-state index contributed by atoms with van der Waals surface area (Å²) < 4.78 is 22.5. The van der Waals surface area contributed by atoms with Crippen molar-refractivity contribution in [3.8, 4) is 0 Å². The van der Waals surface area contributed by atoms with Crippen LogP contribution in [0.5, 0.6) is 0 Å². The van der Waals surface area contributed by atoms with Gasteiger partial charge in [-0.2, -0.15) is 0 Å². The molecule has 0 aliphatic heterocycles. The third-order valence-electron chi connectivity index (χ3n) is 0.594. The van der Waals surface area contributed by atoms with E-state index in [0.29, 0.717) is 0 Å². The summed E-state index contributed by atoms with van der Waals surface area (Å²) >= 11 is 0. The Labute approximate surface area is 45.9 Å². The van der Waals surface area contributed by atoms with Crippen LogP contribution in [-0.2, 0) is 4.79 Å². The highest BCUT2D eigenvalue weighted by atomic mass is 19.3. The number of carbonyl (C=O) groups excluding carboxylic acids is 1. The maximum Gasteiger partial charge on any atom is 0.297 e. The Morgan fingerprint density at radius 2 is 2.25 bits per heavy atom. The molecule has 0 aliphatic carbocycles. The molecule has 0 atom stereocenters. The van der Waals surface area contributed by atoms with E-state index in [-0.39, 0.29) is 6.54 Å². The molecular formula is C4H7F2NO. The molecule has 0 amide bonds. The first kappa shape index (κ1) is 7.49. The van der Waals surface area contributed by atoms with Crippen LogP contribution in [0.2, 0.25) is 0 Å². The largest absolute Gasteiger partial charge is 0.313 e. The zero-order valence-electron chi connectivity index (χ0n) is 4.45. The predicted molar refractivity (Wildman–Crippen MR) is 24.9 cm³/mol. The van der Waals surface area contributed by atoms with E-state index in [1.54, 1.807) is 0 Å². The lowest BCUT2D eigenvalue weighted by Gasteiger charge is -1.94. The number of alkyl halides is 2. The summed E-state index contributed by atoms with van der Waals surface area (Å²) in [5.74, 6) is -1.06. The van der Waals surface area contributed by atoms with Crippen molar-refractivity contribution in [2.45, 2.75) is 6.43 Å². The van der Waals surface area contributed by atoms with Crippen LogP contribution in [0.3, 0.4) is 0 Å². The summed E-state index contributed by atoms with van der Waals surface area (Å²) in [6.07, 6.45) is -2.83. The van der Waals surface area contributed by atoms with Crippen LogP contribution in [0.1, 0.15) is 0 Å². The van der Waals surface area contributed by atoms with Gasteiger partial charge in [0.05, 0.1) is 6.54 Å². The Hall–Kier alpha value is -0.510. The van der Waals surface area contributed by atoms with Gasteiger partial charge in [0.15, 0.2) is 0 Å². The molecule has 0 spiro atoms. The number of nitrogens with one attached hydrogen (secondary N) is 1. The second-order valence-electron chi connectivity index (χ2n) is 1.30. The normalized spacial score (nSPS) is 10.0. The molecule has 0 aromatic carbocycles. The van der Waals surface area contributed by atoms with Crippen molar-refractivity contribution in [1.82, 2.24) is 5.32 Å². The zero-order valence-corrected chi connectivity index (χ0v) is 4.45. The molecule has 0 aromatic heterocycles. The van der Waals surface area contributed by atoms with Crippen LogP contribution < -0.4 is 5.32 Å². The number of likely N-dealkylation sites (N-methyl/N-ethyl adjacent to an activating group) is 1. The lowest BCUT2D eigenvalue weighted by molar-refractivity contribution is -0.128. The molecule has 1 N–H and O–H groups in total.